The molecule has 0 fully saturated rings. The molecule has 0 nitrogen and oxygen atoms in total. The van der Waals surface area contributed by atoms with Gasteiger partial charge in [0, 0.05) is 20.4 Å². The quantitative estimate of drug-likeness (QED) is 0.589. The van der Waals surface area contributed by atoms with E-state index in [1.807, 2.05) is 41.5 Å². The predicted octanol–water partition coefficient (Wildman–Crippen LogP) is 4.16. The Morgan fingerprint density at radius 1 is 0.556 bits per heavy atom. The molecule has 0 rings (SSSR count). The first kappa shape index (κ1) is 54.1. The summed E-state index contributed by atoms with van der Waals surface area (Å²) in [6.45, 7) is 12.0. The standard InChI is InChI=1S/3C2H6.CH4.CH3.Re/c3*1-2;;;/h3*1-2H3;1H4;1H3;/q;;;;-1;. The Morgan fingerprint density at radius 3 is 0.556 bits per heavy atom. The number of hydrogen-bond donors (Lipinski definition) is 0. The molecule has 0 heterocycles. The van der Waals surface area contributed by atoms with Gasteiger partial charge in [0.25, 0.3) is 0 Å². The van der Waals surface area contributed by atoms with E-state index in [0.29, 0.717) is 0 Å². The Balaban J connectivity index is -0.00000000321. The molecule has 0 saturated carbocycles. The van der Waals surface area contributed by atoms with E-state index in [0.717, 1.165) is 0 Å². The first-order valence-electron chi connectivity index (χ1n) is 3.00. The first-order chi connectivity index (χ1) is 3.00. The normalized spacial score (nSPS) is 2.00. The van der Waals surface area contributed by atoms with E-state index in [4.69, 9.17) is 0 Å². The third-order valence-corrected chi connectivity index (χ3v) is 0. The van der Waals surface area contributed by atoms with E-state index >= 15 is 0 Å². The Hall–Kier alpha value is 0.662. The van der Waals surface area contributed by atoms with Gasteiger partial charge in [-0.15, -0.1) is 0 Å². The van der Waals surface area contributed by atoms with Crippen LogP contribution in [-0.2, 0) is 20.4 Å². The van der Waals surface area contributed by atoms with Gasteiger partial charge in [-0.1, -0.05) is 49.0 Å². The van der Waals surface area contributed by atoms with Crippen LogP contribution in [0.25, 0.3) is 0 Å². The van der Waals surface area contributed by atoms with Crippen LogP contribution in [0, 0.1) is 7.43 Å². The van der Waals surface area contributed by atoms with Crippen molar-refractivity contribution < 1.29 is 20.4 Å². The fourth-order valence-corrected chi connectivity index (χ4v) is 0. The minimum Gasteiger partial charge on any atom is -0.358 e. The van der Waals surface area contributed by atoms with E-state index < -0.39 is 0 Å². The third-order valence-electron chi connectivity index (χ3n) is 0. The summed E-state index contributed by atoms with van der Waals surface area (Å²) in [7, 11) is 0. The summed E-state index contributed by atoms with van der Waals surface area (Å²) in [6, 6.07) is 0. The maximum Gasteiger partial charge on any atom is 0 e. The van der Waals surface area contributed by atoms with Crippen molar-refractivity contribution in [2.45, 2.75) is 49.0 Å². The summed E-state index contributed by atoms with van der Waals surface area (Å²) in [5.41, 5.74) is 0. The largest absolute Gasteiger partial charge is 0.358 e. The van der Waals surface area contributed by atoms with Crippen LogP contribution in [-0.4, -0.2) is 0 Å². The summed E-state index contributed by atoms with van der Waals surface area (Å²) in [4.78, 5) is 0. The van der Waals surface area contributed by atoms with Crippen molar-refractivity contribution in [1.29, 1.82) is 0 Å². The molecule has 9 heavy (non-hydrogen) atoms. The Bertz CT molecular complexity index is 4.53. The van der Waals surface area contributed by atoms with Gasteiger partial charge in [0.15, 0.2) is 0 Å². The summed E-state index contributed by atoms with van der Waals surface area (Å²) in [6.07, 6.45) is 0. The smallest absolute Gasteiger partial charge is 0 e. The minimum absolute atomic E-state index is 0. The van der Waals surface area contributed by atoms with Crippen molar-refractivity contribution in [3.8, 4) is 0 Å². The Kier molecular flexibility index (Phi) is 6960. The van der Waals surface area contributed by atoms with Gasteiger partial charge in [-0.05, 0) is 0 Å². The molecule has 1 radical (unpaired) electrons. The topological polar surface area (TPSA) is 0 Å². The molecule has 65 valence electrons. The van der Waals surface area contributed by atoms with Crippen molar-refractivity contribution in [2.24, 2.45) is 0 Å². The summed E-state index contributed by atoms with van der Waals surface area (Å²) in [5, 5.41) is 0. The molecule has 0 aromatic rings. The fraction of sp³-hybridized carbons (Fsp3) is 0.875. The molecule has 0 bridgehead atoms. The zero-order chi connectivity index (χ0) is 6.00. The average molecular weight is 307 g/mol. The monoisotopic (exact) mass is 308 g/mol. The molecule has 0 unspecified atom stereocenters. The van der Waals surface area contributed by atoms with Crippen molar-refractivity contribution in [2.75, 3.05) is 0 Å². The molecule has 0 N–H and O–H groups in total. The van der Waals surface area contributed by atoms with Crippen LogP contribution >= 0.6 is 0 Å². The van der Waals surface area contributed by atoms with Crippen LogP contribution < -0.4 is 0 Å². The van der Waals surface area contributed by atoms with E-state index in [1.54, 1.807) is 0 Å². The van der Waals surface area contributed by atoms with Gasteiger partial charge in [0.05, 0.1) is 0 Å². The van der Waals surface area contributed by atoms with Crippen LogP contribution in [0.15, 0.2) is 0 Å². The SMILES string of the molecule is C.CC.CC.CC.[CH3-].[Re]. The zero-order valence-corrected chi connectivity index (χ0v) is 10.1. The molecule has 0 spiro atoms. The average Bonchev–Trinajstić information content (AvgIpc) is 1.81. The van der Waals surface area contributed by atoms with Crippen LogP contribution in [0.5, 0.6) is 0 Å². The van der Waals surface area contributed by atoms with E-state index in [1.165, 1.54) is 0 Å². The van der Waals surface area contributed by atoms with Gasteiger partial charge >= 0.3 is 0 Å². The molecule has 0 aromatic heterocycles. The van der Waals surface area contributed by atoms with Gasteiger partial charge in [-0.2, -0.15) is 0 Å². The van der Waals surface area contributed by atoms with Crippen LogP contribution in [0.2, 0.25) is 0 Å². The minimum atomic E-state index is 0. The third kappa shape index (κ3) is 876. The molecule has 0 amide bonds. The second-order valence-corrected chi connectivity index (χ2v) is 0. The zero-order valence-electron chi connectivity index (χ0n) is 7.38. The predicted molar refractivity (Wildman–Crippen MR) is 47.2 cm³/mol. The molecule has 0 aliphatic rings. The van der Waals surface area contributed by atoms with E-state index in [9.17, 15) is 0 Å². The van der Waals surface area contributed by atoms with E-state index in [-0.39, 0.29) is 35.3 Å². The Labute approximate surface area is 77.1 Å². The summed E-state index contributed by atoms with van der Waals surface area (Å²) in [5.74, 6) is 0. The molecule has 0 aliphatic carbocycles. The van der Waals surface area contributed by atoms with Gasteiger partial charge in [-0.3, -0.25) is 0 Å². The van der Waals surface area contributed by atoms with Crippen LogP contribution in [0.3, 0.4) is 0 Å². The van der Waals surface area contributed by atoms with E-state index in [2.05, 4.69) is 0 Å². The van der Waals surface area contributed by atoms with Gasteiger partial charge in [0.2, 0.25) is 0 Å². The molecular weight excluding hydrogens is 282 g/mol. The molecular formula is C8H25Re-. The van der Waals surface area contributed by atoms with Crippen LogP contribution in [0.1, 0.15) is 49.0 Å². The number of rotatable bonds is 0. The van der Waals surface area contributed by atoms with Gasteiger partial charge < -0.3 is 7.43 Å². The molecule has 0 aliphatic heterocycles. The molecule has 0 saturated heterocycles. The summed E-state index contributed by atoms with van der Waals surface area (Å²) < 4.78 is 0. The Morgan fingerprint density at radius 2 is 0.556 bits per heavy atom. The van der Waals surface area contributed by atoms with Gasteiger partial charge in [-0.25, -0.2) is 0 Å². The molecule has 0 atom stereocenters. The van der Waals surface area contributed by atoms with Crippen molar-refractivity contribution in [1.82, 2.24) is 0 Å². The van der Waals surface area contributed by atoms with Crippen LogP contribution in [0.4, 0.5) is 0 Å². The van der Waals surface area contributed by atoms with Crippen molar-refractivity contribution >= 4 is 0 Å². The van der Waals surface area contributed by atoms with Crippen molar-refractivity contribution in [3.05, 3.63) is 7.43 Å². The fourth-order valence-electron chi connectivity index (χ4n) is 0. The molecule has 0 aromatic carbocycles. The van der Waals surface area contributed by atoms with Gasteiger partial charge in [0.1, 0.15) is 0 Å². The number of hydrogen-bond acceptors (Lipinski definition) is 0. The second kappa shape index (κ2) is 1160. The second-order valence-electron chi connectivity index (χ2n) is 0. The maximum absolute atomic E-state index is 2.00. The molecule has 1 heteroatoms. The van der Waals surface area contributed by atoms with Crippen molar-refractivity contribution in [3.63, 3.8) is 0 Å². The summed E-state index contributed by atoms with van der Waals surface area (Å²) >= 11 is 0. The first-order valence-corrected chi connectivity index (χ1v) is 3.00. The maximum atomic E-state index is 2.00.